The minimum Gasteiger partial charge on any atom is -0.355 e. The summed E-state index contributed by atoms with van der Waals surface area (Å²) in [5.74, 6) is 0.104. The third-order valence-electron chi connectivity index (χ3n) is 4.60. The van der Waals surface area contributed by atoms with Gasteiger partial charge in [-0.15, -0.1) is 0 Å². The van der Waals surface area contributed by atoms with E-state index < -0.39 is 0 Å². The first-order chi connectivity index (χ1) is 9.70. The summed E-state index contributed by atoms with van der Waals surface area (Å²) in [6.07, 6.45) is 3.89. The lowest BCUT2D eigenvalue weighted by Crippen LogP contribution is -2.40. The molecule has 3 nitrogen and oxygen atoms in total. The molecule has 1 aromatic rings. The Morgan fingerprint density at radius 3 is 2.75 bits per heavy atom. The van der Waals surface area contributed by atoms with Crippen molar-refractivity contribution >= 4 is 5.91 Å². The smallest absolute Gasteiger partial charge is 0.223 e. The van der Waals surface area contributed by atoms with E-state index in [2.05, 4.69) is 10.6 Å². The highest BCUT2D eigenvalue weighted by Gasteiger charge is 2.44. The molecule has 1 aliphatic carbocycles. The number of piperidine rings is 1. The maximum atomic E-state index is 13.3. The van der Waals surface area contributed by atoms with Gasteiger partial charge < -0.3 is 10.6 Å². The van der Waals surface area contributed by atoms with E-state index in [1.807, 2.05) is 6.07 Å². The van der Waals surface area contributed by atoms with Gasteiger partial charge in [0.1, 0.15) is 5.82 Å². The van der Waals surface area contributed by atoms with Gasteiger partial charge in [0.25, 0.3) is 0 Å². The fraction of sp³-hybridized carbons (Fsp3) is 0.562. The van der Waals surface area contributed by atoms with Crippen LogP contribution in [-0.2, 0) is 10.2 Å². The maximum Gasteiger partial charge on any atom is 0.223 e. The number of amides is 1. The molecule has 0 unspecified atom stereocenters. The normalized spacial score (nSPS) is 21.4. The van der Waals surface area contributed by atoms with E-state index in [1.54, 1.807) is 12.1 Å². The van der Waals surface area contributed by atoms with E-state index in [4.69, 9.17) is 0 Å². The molecule has 2 fully saturated rings. The van der Waals surface area contributed by atoms with Crippen LogP contribution >= 0.6 is 0 Å². The second-order valence-corrected chi connectivity index (χ2v) is 6.03. The molecule has 0 radical (unpaired) electrons. The zero-order valence-corrected chi connectivity index (χ0v) is 11.6. The molecule has 0 spiro atoms. The van der Waals surface area contributed by atoms with Crippen molar-refractivity contribution in [2.45, 2.75) is 31.1 Å². The van der Waals surface area contributed by atoms with Crippen LogP contribution < -0.4 is 10.6 Å². The highest BCUT2D eigenvalue weighted by molar-refractivity contribution is 5.79. The van der Waals surface area contributed by atoms with E-state index in [0.29, 0.717) is 6.54 Å². The van der Waals surface area contributed by atoms with Gasteiger partial charge in [-0.25, -0.2) is 4.39 Å². The number of rotatable bonds is 4. The molecule has 0 atom stereocenters. The highest BCUT2D eigenvalue weighted by atomic mass is 19.1. The summed E-state index contributed by atoms with van der Waals surface area (Å²) in [5, 5.41) is 6.35. The standard InChI is InChI=1S/C16H21FN2O/c17-14-3-1-2-13(10-14)16(6-7-16)11-19-15(20)12-4-8-18-9-5-12/h1-3,10,12,18H,4-9,11H2,(H,19,20). The van der Waals surface area contributed by atoms with Crippen LogP contribution in [0.1, 0.15) is 31.2 Å². The molecule has 1 aliphatic heterocycles. The van der Waals surface area contributed by atoms with Gasteiger partial charge in [-0.05, 0) is 56.5 Å². The molecule has 2 N–H and O–H groups in total. The Hall–Kier alpha value is -1.42. The van der Waals surface area contributed by atoms with Crippen LogP contribution in [0.15, 0.2) is 24.3 Å². The summed E-state index contributed by atoms with van der Waals surface area (Å²) >= 11 is 0. The largest absolute Gasteiger partial charge is 0.355 e. The lowest BCUT2D eigenvalue weighted by atomic mass is 9.94. The van der Waals surface area contributed by atoms with E-state index in [-0.39, 0.29) is 23.1 Å². The molecule has 4 heteroatoms. The average Bonchev–Trinajstić information content (AvgIpc) is 3.27. The number of carbonyl (C=O) groups excluding carboxylic acids is 1. The maximum absolute atomic E-state index is 13.3. The van der Waals surface area contributed by atoms with E-state index in [9.17, 15) is 9.18 Å². The Morgan fingerprint density at radius 2 is 2.10 bits per heavy atom. The molecule has 0 aromatic heterocycles. The quantitative estimate of drug-likeness (QED) is 0.883. The van der Waals surface area contributed by atoms with E-state index in [0.717, 1.165) is 44.3 Å². The van der Waals surface area contributed by atoms with Gasteiger partial charge in [-0.2, -0.15) is 0 Å². The Labute approximate surface area is 118 Å². The van der Waals surface area contributed by atoms with Crippen molar-refractivity contribution in [2.24, 2.45) is 5.92 Å². The summed E-state index contributed by atoms with van der Waals surface area (Å²) < 4.78 is 13.3. The van der Waals surface area contributed by atoms with Gasteiger partial charge in [0.15, 0.2) is 0 Å². The predicted molar refractivity (Wildman–Crippen MR) is 75.9 cm³/mol. The van der Waals surface area contributed by atoms with Crippen molar-refractivity contribution in [3.05, 3.63) is 35.6 Å². The highest BCUT2D eigenvalue weighted by Crippen LogP contribution is 2.47. The van der Waals surface area contributed by atoms with Crippen molar-refractivity contribution < 1.29 is 9.18 Å². The topological polar surface area (TPSA) is 41.1 Å². The Kier molecular flexibility index (Phi) is 3.74. The zero-order chi connectivity index (χ0) is 14.0. The van der Waals surface area contributed by atoms with Crippen molar-refractivity contribution in [3.63, 3.8) is 0 Å². The molecule has 108 valence electrons. The molecule has 1 aromatic carbocycles. The Bertz CT molecular complexity index is 493. The van der Waals surface area contributed by atoms with Crippen molar-refractivity contribution in [1.29, 1.82) is 0 Å². The number of carbonyl (C=O) groups is 1. The molecular weight excluding hydrogens is 255 g/mol. The first kappa shape index (κ1) is 13.6. The molecule has 2 aliphatic rings. The number of benzene rings is 1. The monoisotopic (exact) mass is 276 g/mol. The van der Waals surface area contributed by atoms with Crippen molar-refractivity contribution in [2.75, 3.05) is 19.6 Å². The molecule has 1 heterocycles. The third-order valence-corrected chi connectivity index (χ3v) is 4.60. The molecular formula is C16H21FN2O. The van der Waals surface area contributed by atoms with Crippen LogP contribution in [0.25, 0.3) is 0 Å². The van der Waals surface area contributed by atoms with Crippen molar-refractivity contribution in [1.82, 2.24) is 10.6 Å². The fourth-order valence-corrected chi connectivity index (χ4v) is 3.02. The molecule has 1 amide bonds. The van der Waals surface area contributed by atoms with Gasteiger partial charge in [0.2, 0.25) is 5.91 Å². The number of hydrogen-bond acceptors (Lipinski definition) is 2. The van der Waals surface area contributed by atoms with Gasteiger partial charge in [0, 0.05) is 17.9 Å². The first-order valence-corrected chi connectivity index (χ1v) is 7.44. The summed E-state index contributed by atoms with van der Waals surface area (Å²) in [6, 6.07) is 6.78. The summed E-state index contributed by atoms with van der Waals surface area (Å²) in [7, 11) is 0. The average molecular weight is 276 g/mol. The van der Waals surface area contributed by atoms with Gasteiger partial charge >= 0.3 is 0 Å². The summed E-state index contributed by atoms with van der Waals surface area (Å²) in [6.45, 7) is 2.49. The lowest BCUT2D eigenvalue weighted by Gasteiger charge is -2.23. The molecule has 20 heavy (non-hydrogen) atoms. The van der Waals surface area contributed by atoms with Crippen LogP contribution in [0.4, 0.5) is 4.39 Å². The van der Waals surface area contributed by atoms with E-state index in [1.165, 1.54) is 6.07 Å². The number of nitrogens with one attached hydrogen (secondary N) is 2. The minimum atomic E-state index is -0.196. The SMILES string of the molecule is O=C(NCC1(c2cccc(F)c2)CC1)C1CCNCC1. The lowest BCUT2D eigenvalue weighted by molar-refractivity contribution is -0.125. The number of hydrogen-bond donors (Lipinski definition) is 2. The summed E-state index contributed by atoms with van der Waals surface area (Å²) in [5.41, 5.74) is 0.994. The second-order valence-electron chi connectivity index (χ2n) is 6.03. The van der Waals surface area contributed by atoms with Crippen LogP contribution in [0.5, 0.6) is 0 Å². The predicted octanol–water partition coefficient (Wildman–Crippen LogP) is 1.97. The van der Waals surface area contributed by atoms with Gasteiger partial charge in [0.05, 0.1) is 0 Å². The molecule has 1 saturated carbocycles. The third kappa shape index (κ3) is 2.85. The number of halogens is 1. The zero-order valence-electron chi connectivity index (χ0n) is 11.6. The minimum absolute atomic E-state index is 0.0231. The van der Waals surface area contributed by atoms with E-state index >= 15 is 0 Å². The second kappa shape index (κ2) is 5.52. The van der Waals surface area contributed by atoms with Crippen LogP contribution in [0.3, 0.4) is 0 Å². The molecule has 3 rings (SSSR count). The Balaban J connectivity index is 1.59. The van der Waals surface area contributed by atoms with Crippen molar-refractivity contribution in [3.8, 4) is 0 Å². The van der Waals surface area contributed by atoms with Gasteiger partial charge in [-0.3, -0.25) is 4.79 Å². The summed E-state index contributed by atoms with van der Waals surface area (Å²) in [4.78, 5) is 12.2. The van der Waals surface area contributed by atoms with Crippen LogP contribution in [0, 0.1) is 11.7 Å². The van der Waals surface area contributed by atoms with Gasteiger partial charge in [-0.1, -0.05) is 12.1 Å². The van der Waals surface area contributed by atoms with Crippen LogP contribution in [-0.4, -0.2) is 25.5 Å². The first-order valence-electron chi connectivity index (χ1n) is 7.44. The molecule has 1 saturated heterocycles. The Morgan fingerprint density at radius 1 is 1.35 bits per heavy atom. The molecule has 0 bridgehead atoms. The fourth-order valence-electron chi connectivity index (χ4n) is 3.02. The van der Waals surface area contributed by atoms with Crippen LogP contribution in [0.2, 0.25) is 0 Å².